The Hall–Kier alpha value is -1.63. The van der Waals surface area contributed by atoms with Crippen LogP contribution >= 0.6 is 0 Å². The van der Waals surface area contributed by atoms with Crippen LogP contribution in [0.2, 0.25) is 0 Å². The zero-order valence-electron chi connectivity index (χ0n) is 11.9. The van der Waals surface area contributed by atoms with Gasteiger partial charge in [0.25, 0.3) is 0 Å². The molecule has 3 N–H and O–H groups in total. The van der Waals surface area contributed by atoms with Crippen molar-refractivity contribution in [1.82, 2.24) is 16.0 Å². The zero-order chi connectivity index (χ0) is 14.8. The van der Waals surface area contributed by atoms with Gasteiger partial charge in [-0.3, -0.25) is 19.7 Å². The molecule has 1 atom stereocenters. The summed E-state index contributed by atoms with van der Waals surface area (Å²) in [5, 5.41) is 8.03. The molecular weight excluding hydrogens is 250 g/mol. The van der Waals surface area contributed by atoms with Gasteiger partial charge in [-0.05, 0) is 5.92 Å². The van der Waals surface area contributed by atoms with Crippen LogP contribution in [0.3, 0.4) is 0 Å². The lowest BCUT2D eigenvalue weighted by Gasteiger charge is -2.19. The number of ether oxygens (including phenoxy) is 1. The van der Waals surface area contributed by atoms with Crippen molar-refractivity contribution in [3.8, 4) is 0 Å². The molecule has 0 aliphatic heterocycles. The lowest BCUT2D eigenvalue weighted by atomic mass is 10.0. The van der Waals surface area contributed by atoms with Crippen molar-refractivity contribution in [3.05, 3.63) is 0 Å². The molecule has 0 aromatic carbocycles. The molecule has 0 aliphatic carbocycles. The number of hydrogen-bond acceptors (Lipinski definition) is 5. The van der Waals surface area contributed by atoms with E-state index in [9.17, 15) is 14.4 Å². The van der Waals surface area contributed by atoms with E-state index in [1.54, 1.807) is 0 Å². The van der Waals surface area contributed by atoms with Gasteiger partial charge in [0.2, 0.25) is 11.8 Å². The largest absolute Gasteiger partial charge is 0.468 e. The third-order valence-corrected chi connectivity index (χ3v) is 2.43. The highest BCUT2D eigenvalue weighted by atomic mass is 16.5. The van der Waals surface area contributed by atoms with Gasteiger partial charge in [0, 0.05) is 20.0 Å². The maximum atomic E-state index is 11.5. The first-order chi connectivity index (χ1) is 8.88. The first kappa shape index (κ1) is 17.4. The molecule has 7 heteroatoms. The predicted octanol–water partition coefficient (Wildman–Crippen LogP) is -0.974. The van der Waals surface area contributed by atoms with Crippen molar-refractivity contribution in [2.24, 2.45) is 5.92 Å². The number of amides is 2. The van der Waals surface area contributed by atoms with E-state index in [1.807, 2.05) is 13.8 Å². The summed E-state index contributed by atoms with van der Waals surface area (Å²) in [4.78, 5) is 33.5. The number of methoxy groups -OCH3 is 1. The summed E-state index contributed by atoms with van der Waals surface area (Å²) in [6.07, 6.45) is 0. The fourth-order valence-corrected chi connectivity index (χ4v) is 1.42. The van der Waals surface area contributed by atoms with Gasteiger partial charge in [0.1, 0.15) is 6.04 Å². The Balaban J connectivity index is 3.92. The van der Waals surface area contributed by atoms with Crippen molar-refractivity contribution in [2.75, 3.05) is 26.7 Å². The Kier molecular flexibility index (Phi) is 8.52. The van der Waals surface area contributed by atoms with E-state index in [2.05, 4.69) is 20.7 Å². The SMILES string of the molecule is COC(=O)C(NCC(=O)NCCNC(C)=O)C(C)C. The summed E-state index contributed by atoms with van der Waals surface area (Å²) in [6, 6.07) is -0.508. The summed E-state index contributed by atoms with van der Waals surface area (Å²) in [5.74, 6) is -0.737. The van der Waals surface area contributed by atoms with Crippen LogP contribution in [-0.4, -0.2) is 50.6 Å². The number of carbonyl (C=O) groups excluding carboxylic acids is 3. The lowest BCUT2D eigenvalue weighted by Crippen LogP contribution is -2.47. The second kappa shape index (κ2) is 9.32. The first-order valence-corrected chi connectivity index (χ1v) is 6.20. The summed E-state index contributed by atoms with van der Waals surface area (Å²) in [5.41, 5.74) is 0. The Bertz CT molecular complexity index is 318. The molecule has 0 aromatic heterocycles. The normalized spacial score (nSPS) is 11.8. The van der Waals surface area contributed by atoms with Crippen LogP contribution in [-0.2, 0) is 19.1 Å². The molecule has 0 saturated carbocycles. The average molecular weight is 273 g/mol. The Labute approximate surface area is 113 Å². The second-order valence-electron chi connectivity index (χ2n) is 4.46. The monoisotopic (exact) mass is 273 g/mol. The Morgan fingerprint density at radius 2 is 1.68 bits per heavy atom. The molecule has 0 saturated heterocycles. The number of nitrogens with one attached hydrogen (secondary N) is 3. The molecule has 2 amide bonds. The summed E-state index contributed by atoms with van der Waals surface area (Å²) >= 11 is 0. The average Bonchev–Trinajstić information content (AvgIpc) is 2.33. The van der Waals surface area contributed by atoms with E-state index < -0.39 is 6.04 Å². The van der Waals surface area contributed by atoms with Gasteiger partial charge in [-0.25, -0.2) is 0 Å². The van der Waals surface area contributed by atoms with Gasteiger partial charge in [-0.1, -0.05) is 13.8 Å². The summed E-state index contributed by atoms with van der Waals surface area (Å²) in [7, 11) is 1.31. The highest BCUT2D eigenvalue weighted by Crippen LogP contribution is 2.02. The van der Waals surface area contributed by atoms with Gasteiger partial charge in [-0.15, -0.1) is 0 Å². The third-order valence-electron chi connectivity index (χ3n) is 2.43. The van der Waals surface area contributed by atoms with Crippen molar-refractivity contribution in [1.29, 1.82) is 0 Å². The van der Waals surface area contributed by atoms with Crippen LogP contribution < -0.4 is 16.0 Å². The van der Waals surface area contributed by atoms with Gasteiger partial charge in [-0.2, -0.15) is 0 Å². The highest BCUT2D eigenvalue weighted by Gasteiger charge is 2.22. The van der Waals surface area contributed by atoms with Crippen LogP contribution in [0.4, 0.5) is 0 Å². The van der Waals surface area contributed by atoms with Crippen LogP contribution in [0, 0.1) is 5.92 Å². The first-order valence-electron chi connectivity index (χ1n) is 6.20. The fourth-order valence-electron chi connectivity index (χ4n) is 1.42. The van der Waals surface area contributed by atoms with Gasteiger partial charge < -0.3 is 15.4 Å². The predicted molar refractivity (Wildman–Crippen MR) is 70.3 cm³/mol. The van der Waals surface area contributed by atoms with Crippen LogP contribution in [0.25, 0.3) is 0 Å². The molecule has 0 rings (SSSR count). The molecule has 0 bridgehead atoms. The smallest absolute Gasteiger partial charge is 0.323 e. The minimum atomic E-state index is -0.508. The minimum Gasteiger partial charge on any atom is -0.468 e. The molecule has 0 fully saturated rings. The maximum Gasteiger partial charge on any atom is 0.323 e. The Morgan fingerprint density at radius 3 is 2.16 bits per heavy atom. The molecule has 110 valence electrons. The van der Waals surface area contributed by atoms with Gasteiger partial charge in [0.05, 0.1) is 13.7 Å². The Morgan fingerprint density at radius 1 is 1.11 bits per heavy atom. The number of esters is 1. The molecule has 0 spiro atoms. The van der Waals surface area contributed by atoms with Crippen LogP contribution in [0.1, 0.15) is 20.8 Å². The molecule has 19 heavy (non-hydrogen) atoms. The van der Waals surface area contributed by atoms with E-state index in [4.69, 9.17) is 0 Å². The van der Waals surface area contributed by atoms with Crippen molar-refractivity contribution in [2.45, 2.75) is 26.8 Å². The van der Waals surface area contributed by atoms with E-state index in [0.29, 0.717) is 13.1 Å². The quantitative estimate of drug-likeness (QED) is 0.390. The van der Waals surface area contributed by atoms with E-state index in [-0.39, 0.29) is 30.2 Å². The second-order valence-corrected chi connectivity index (χ2v) is 4.46. The highest BCUT2D eigenvalue weighted by molar-refractivity contribution is 5.80. The molecule has 1 unspecified atom stereocenters. The molecule has 0 aliphatic rings. The molecule has 0 radical (unpaired) electrons. The minimum absolute atomic E-state index is 0.0258. The van der Waals surface area contributed by atoms with Gasteiger partial charge >= 0.3 is 5.97 Å². The zero-order valence-corrected chi connectivity index (χ0v) is 11.9. The van der Waals surface area contributed by atoms with Gasteiger partial charge in [0.15, 0.2) is 0 Å². The standard InChI is InChI=1S/C12H23N3O4/c1-8(2)11(12(18)19-4)15-7-10(17)14-6-5-13-9(3)16/h8,11,15H,5-7H2,1-4H3,(H,13,16)(H,14,17). The number of rotatable bonds is 8. The van der Waals surface area contributed by atoms with E-state index in [0.717, 1.165) is 0 Å². The molecule has 0 aromatic rings. The number of hydrogen-bond donors (Lipinski definition) is 3. The molecular formula is C12H23N3O4. The summed E-state index contributed by atoms with van der Waals surface area (Å²) in [6.45, 7) is 5.90. The van der Waals surface area contributed by atoms with E-state index in [1.165, 1.54) is 14.0 Å². The third kappa shape index (κ3) is 8.15. The van der Waals surface area contributed by atoms with Crippen molar-refractivity contribution < 1.29 is 19.1 Å². The van der Waals surface area contributed by atoms with E-state index >= 15 is 0 Å². The maximum absolute atomic E-state index is 11.5. The number of carbonyl (C=O) groups is 3. The van der Waals surface area contributed by atoms with Crippen molar-refractivity contribution >= 4 is 17.8 Å². The topological polar surface area (TPSA) is 96.5 Å². The van der Waals surface area contributed by atoms with Crippen molar-refractivity contribution in [3.63, 3.8) is 0 Å². The molecule has 0 heterocycles. The lowest BCUT2D eigenvalue weighted by molar-refractivity contribution is -0.144. The molecule has 7 nitrogen and oxygen atoms in total. The van der Waals surface area contributed by atoms with Crippen LogP contribution in [0.15, 0.2) is 0 Å². The fraction of sp³-hybridized carbons (Fsp3) is 0.750. The van der Waals surface area contributed by atoms with Crippen LogP contribution in [0.5, 0.6) is 0 Å². The summed E-state index contributed by atoms with van der Waals surface area (Å²) < 4.78 is 4.65.